The molecule has 3 heteroatoms. The average molecular weight is 229 g/mol. The summed E-state index contributed by atoms with van der Waals surface area (Å²) in [6.45, 7) is 6.17. The molecule has 1 atom stereocenters. The van der Waals surface area contributed by atoms with Gasteiger partial charge in [0.1, 0.15) is 0 Å². The van der Waals surface area contributed by atoms with Crippen LogP contribution in [0.3, 0.4) is 0 Å². The number of aromatic nitrogens is 2. The molecule has 0 radical (unpaired) electrons. The number of para-hydroxylation sites is 1. The molecular weight excluding hydrogens is 210 g/mol. The van der Waals surface area contributed by atoms with Crippen LogP contribution in [0.4, 0.5) is 0 Å². The fourth-order valence-electron chi connectivity index (χ4n) is 2.09. The highest BCUT2D eigenvalue weighted by Crippen LogP contribution is 2.23. The second-order valence-corrected chi connectivity index (χ2v) is 4.41. The van der Waals surface area contributed by atoms with E-state index in [9.17, 15) is 0 Å². The van der Waals surface area contributed by atoms with Crippen molar-refractivity contribution >= 4 is 0 Å². The Kier molecular flexibility index (Phi) is 3.29. The summed E-state index contributed by atoms with van der Waals surface area (Å²) in [5.74, 6) is 0. The van der Waals surface area contributed by atoms with E-state index in [1.165, 1.54) is 0 Å². The van der Waals surface area contributed by atoms with Gasteiger partial charge in [-0.15, -0.1) is 0 Å². The minimum absolute atomic E-state index is 0.0649. The molecule has 1 aromatic heterocycles. The van der Waals surface area contributed by atoms with Crippen molar-refractivity contribution in [3.63, 3.8) is 0 Å². The standard InChI is InChI=1S/C14H19N3/c1-4-13(15)12-7-5-6-8-14(12)17-11(3)9-10(2)16-17/h5-9,13H,4,15H2,1-3H3/t13-/m0/s1. The molecule has 0 spiro atoms. The van der Waals surface area contributed by atoms with E-state index in [1.54, 1.807) is 0 Å². The summed E-state index contributed by atoms with van der Waals surface area (Å²) < 4.78 is 1.97. The van der Waals surface area contributed by atoms with Gasteiger partial charge in [-0.3, -0.25) is 0 Å². The molecular formula is C14H19N3. The fourth-order valence-corrected chi connectivity index (χ4v) is 2.09. The monoisotopic (exact) mass is 229 g/mol. The Labute approximate surface area is 102 Å². The lowest BCUT2D eigenvalue weighted by atomic mass is 10.0. The van der Waals surface area contributed by atoms with E-state index in [0.29, 0.717) is 0 Å². The van der Waals surface area contributed by atoms with Gasteiger partial charge in [0.25, 0.3) is 0 Å². The second-order valence-electron chi connectivity index (χ2n) is 4.41. The third kappa shape index (κ3) is 2.24. The van der Waals surface area contributed by atoms with Gasteiger partial charge in [-0.2, -0.15) is 5.10 Å². The lowest BCUT2D eigenvalue weighted by Crippen LogP contribution is -2.13. The van der Waals surface area contributed by atoms with Gasteiger partial charge in [0.2, 0.25) is 0 Å². The molecule has 0 saturated carbocycles. The van der Waals surface area contributed by atoms with Gasteiger partial charge in [-0.05, 0) is 38.0 Å². The number of nitrogens with zero attached hydrogens (tertiary/aromatic N) is 2. The first-order chi connectivity index (χ1) is 8.13. The SMILES string of the molecule is CC[C@H](N)c1ccccc1-n1nc(C)cc1C. The van der Waals surface area contributed by atoms with E-state index in [0.717, 1.165) is 29.1 Å². The van der Waals surface area contributed by atoms with Gasteiger partial charge in [-0.25, -0.2) is 4.68 Å². The Hall–Kier alpha value is -1.61. The largest absolute Gasteiger partial charge is 0.324 e. The Balaban J connectivity index is 2.55. The summed E-state index contributed by atoms with van der Waals surface area (Å²) in [4.78, 5) is 0. The highest BCUT2D eigenvalue weighted by Gasteiger charge is 2.12. The van der Waals surface area contributed by atoms with Crippen LogP contribution < -0.4 is 5.73 Å². The summed E-state index contributed by atoms with van der Waals surface area (Å²) in [6.07, 6.45) is 0.927. The van der Waals surface area contributed by atoms with Crippen LogP contribution in [-0.4, -0.2) is 9.78 Å². The number of hydrogen-bond donors (Lipinski definition) is 1. The van der Waals surface area contributed by atoms with Gasteiger partial charge >= 0.3 is 0 Å². The van der Waals surface area contributed by atoms with Gasteiger partial charge < -0.3 is 5.73 Å². The summed E-state index contributed by atoms with van der Waals surface area (Å²) in [7, 11) is 0. The number of rotatable bonds is 3. The number of hydrogen-bond acceptors (Lipinski definition) is 2. The first kappa shape index (κ1) is 11.9. The van der Waals surface area contributed by atoms with E-state index in [4.69, 9.17) is 5.73 Å². The first-order valence-corrected chi connectivity index (χ1v) is 6.01. The van der Waals surface area contributed by atoms with Crippen molar-refractivity contribution in [2.24, 2.45) is 5.73 Å². The molecule has 2 rings (SSSR count). The summed E-state index contributed by atoms with van der Waals surface area (Å²) in [5, 5.41) is 4.52. The zero-order valence-corrected chi connectivity index (χ0v) is 10.6. The minimum atomic E-state index is 0.0649. The van der Waals surface area contributed by atoms with E-state index in [-0.39, 0.29) is 6.04 Å². The predicted octanol–water partition coefficient (Wildman–Crippen LogP) is 2.90. The van der Waals surface area contributed by atoms with Crippen molar-refractivity contribution < 1.29 is 0 Å². The van der Waals surface area contributed by atoms with Crippen molar-refractivity contribution in [3.8, 4) is 5.69 Å². The maximum absolute atomic E-state index is 6.15. The van der Waals surface area contributed by atoms with Crippen molar-refractivity contribution in [1.29, 1.82) is 0 Å². The van der Waals surface area contributed by atoms with Crippen molar-refractivity contribution in [3.05, 3.63) is 47.3 Å². The van der Waals surface area contributed by atoms with Crippen LogP contribution in [-0.2, 0) is 0 Å². The molecule has 1 aromatic carbocycles. The molecule has 0 aliphatic heterocycles. The van der Waals surface area contributed by atoms with Crippen LogP contribution in [0.1, 0.15) is 36.3 Å². The summed E-state index contributed by atoms with van der Waals surface area (Å²) >= 11 is 0. The number of nitrogens with two attached hydrogens (primary N) is 1. The molecule has 1 heterocycles. The third-order valence-electron chi connectivity index (χ3n) is 3.01. The first-order valence-electron chi connectivity index (χ1n) is 6.01. The van der Waals surface area contributed by atoms with E-state index in [2.05, 4.69) is 37.1 Å². The van der Waals surface area contributed by atoms with E-state index >= 15 is 0 Å². The van der Waals surface area contributed by atoms with E-state index < -0.39 is 0 Å². The molecule has 0 aliphatic rings. The smallest absolute Gasteiger partial charge is 0.0696 e. The zero-order chi connectivity index (χ0) is 12.4. The van der Waals surface area contributed by atoms with Gasteiger partial charge in [-0.1, -0.05) is 25.1 Å². The Morgan fingerprint density at radius 2 is 2.00 bits per heavy atom. The van der Waals surface area contributed by atoms with Gasteiger partial charge in [0.15, 0.2) is 0 Å². The van der Waals surface area contributed by atoms with Gasteiger partial charge in [0.05, 0.1) is 11.4 Å². The quantitative estimate of drug-likeness (QED) is 0.879. The molecule has 3 nitrogen and oxygen atoms in total. The maximum atomic E-state index is 6.15. The zero-order valence-electron chi connectivity index (χ0n) is 10.6. The van der Waals surface area contributed by atoms with Crippen LogP contribution in [0.15, 0.2) is 30.3 Å². The molecule has 0 unspecified atom stereocenters. The Morgan fingerprint density at radius 3 is 2.59 bits per heavy atom. The van der Waals surface area contributed by atoms with Crippen molar-refractivity contribution in [1.82, 2.24) is 9.78 Å². The highest BCUT2D eigenvalue weighted by molar-refractivity contribution is 5.43. The molecule has 0 bridgehead atoms. The number of aryl methyl sites for hydroxylation is 2. The van der Waals surface area contributed by atoms with Crippen LogP contribution in [0, 0.1) is 13.8 Å². The molecule has 2 N–H and O–H groups in total. The molecule has 0 amide bonds. The molecule has 0 saturated heterocycles. The molecule has 90 valence electrons. The third-order valence-corrected chi connectivity index (χ3v) is 3.01. The topological polar surface area (TPSA) is 43.8 Å². The maximum Gasteiger partial charge on any atom is 0.0696 e. The van der Waals surface area contributed by atoms with Crippen LogP contribution >= 0.6 is 0 Å². The van der Waals surface area contributed by atoms with Gasteiger partial charge in [0, 0.05) is 11.7 Å². The van der Waals surface area contributed by atoms with Crippen LogP contribution in [0.5, 0.6) is 0 Å². The molecule has 17 heavy (non-hydrogen) atoms. The fraction of sp³-hybridized carbons (Fsp3) is 0.357. The average Bonchev–Trinajstić information content (AvgIpc) is 2.67. The lowest BCUT2D eigenvalue weighted by Gasteiger charge is -2.15. The number of benzene rings is 1. The predicted molar refractivity (Wildman–Crippen MR) is 70.3 cm³/mol. The second kappa shape index (κ2) is 4.72. The lowest BCUT2D eigenvalue weighted by molar-refractivity contribution is 0.683. The van der Waals surface area contributed by atoms with Crippen molar-refractivity contribution in [2.45, 2.75) is 33.2 Å². The normalized spacial score (nSPS) is 12.7. The Morgan fingerprint density at radius 1 is 1.29 bits per heavy atom. The van der Waals surface area contributed by atoms with Crippen LogP contribution in [0.2, 0.25) is 0 Å². The summed E-state index contributed by atoms with van der Waals surface area (Å²) in [5.41, 5.74) is 10.6. The van der Waals surface area contributed by atoms with E-state index in [1.807, 2.05) is 23.7 Å². The Bertz CT molecular complexity index is 514. The minimum Gasteiger partial charge on any atom is -0.324 e. The van der Waals surface area contributed by atoms with Crippen LogP contribution in [0.25, 0.3) is 5.69 Å². The summed E-state index contributed by atoms with van der Waals surface area (Å²) in [6, 6.07) is 10.4. The molecule has 2 aromatic rings. The highest BCUT2D eigenvalue weighted by atomic mass is 15.3. The molecule has 0 aliphatic carbocycles. The van der Waals surface area contributed by atoms with Crippen molar-refractivity contribution in [2.75, 3.05) is 0 Å². The molecule has 0 fully saturated rings.